The SMILES string of the molecule is CCNC(CC)(c1ccc(OC)cc1)C(F)F. The quantitative estimate of drug-likeness (QED) is 0.828. The molecule has 4 heteroatoms. The van der Waals surface area contributed by atoms with Crippen LogP contribution in [0.3, 0.4) is 0 Å². The summed E-state index contributed by atoms with van der Waals surface area (Å²) in [6.07, 6.45) is -2.11. The van der Waals surface area contributed by atoms with Crippen molar-refractivity contribution < 1.29 is 13.5 Å². The van der Waals surface area contributed by atoms with Gasteiger partial charge in [0.15, 0.2) is 0 Å². The maximum Gasteiger partial charge on any atom is 0.260 e. The minimum atomic E-state index is -2.44. The van der Waals surface area contributed by atoms with E-state index in [0.717, 1.165) is 0 Å². The highest BCUT2D eigenvalue weighted by Crippen LogP contribution is 2.32. The number of nitrogens with one attached hydrogen (secondary N) is 1. The van der Waals surface area contributed by atoms with Crippen LogP contribution in [-0.4, -0.2) is 20.1 Å². The smallest absolute Gasteiger partial charge is 0.260 e. The third kappa shape index (κ3) is 2.75. The van der Waals surface area contributed by atoms with E-state index < -0.39 is 12.0 Å². The van der Waals surface area contributed by atoms with Gasteiger partial charge in [0.05, 0.1) is 7.11 Å². The van der Waals surface area contributed by atoms with Gasteiger partial charge >= 0.3 is 0 Å². The number of benzene rings is 1. The summed E-state index contributed by atoms with van der Waals surface area (Å²) in [4.78, 5) is 0. The molecule has 1 N–H and O–H groups in total. The summed E-state index contributed by atoms with van der Waals surface area (Å²) in [5.74, 6) is 0.671. The average molecular weight is 243 g/mol. The number of ether oxygens (including phenoxy) is 1. The molecule has 0 radical (unpaired) electrons. The van der Waals surface area contributed by atoms with Crippen molar-refractivity contribution in [2.45, 2.75) is 32.2 Å². The van der Waals surface area contributed by atoms with Crippen LogP contribution in [0.2, 0.25) is 0 Å². The lowest BCUT2D eigenvalue weighted by atomic mass is 9.87. The Morgan fingerprint density at radius 2 is 1.82 bits per heavy atom. The van der Waals surface area contributed by atoms with Crippen LogP contribution in [0.1, 0.15) is 25.8 Å². The van der Waals surface area contributed by atoms with Crippen molar-refractivity contribution in [2.75, 3.05) is 13.7 Å². The van der Waals surface area contributed by atoms with E-state index in [1.807, 2.05) is 6.92 Å². The van der Waals surface area contributed by atoms with E-state index >= 15 is 0 Å². The van der Waals surface area contributed by atoms with Crippen molar-refractivity contribution in [3.8, 4) is 5.75 Å². The maximum atomic E-state index is 13.3. The highest BCUT2D eigenvalue weighted by atomic mass is 19.3. The Kier molecular flexibility index (Phi) is 4.87. The van der Waals surface area contributed by atoms with Gasteiger partial charge in [-0.2, -0.15) is 0 Å². The summed E-state index contributed by atoms with van der Waals surface area (Å²) in [6, 6.07) is 6.80. The molecule has 0 saturated carbocycles. The summed E-state index contributed by atoms with van der Waals surface area (Å²) >= 11 is 0. The number of halogens is 2. The molecule has 0 amide bonds. The van der Waals surface area contributed by atoms with Crippen LogP contribution in [0.4, 0.5) is 8.78 Å². The number of methoxy groups -OCH3 is 1. The molecular weight excluding hydrogens is 224 g/mol. The summed E-state index contributed by atoms with van der Waals surface area (Å²) in [5.41, 5.74) is -0.668. The standard InChI is InChI=1S/C13H19F2NO/c1-4-13(12(14)15,16-5-2)10-6-8-11(17-3)9-7-10/h6-9,12,16H,4-5H2,1-3H3. The van der Waals surface area contributed by atoms with Crippen LogP contribution < -0.4 is 10.1 Å². The van der Waals surface area contributed by atoms with Crippen molar-refractivity contribution in [1.82, 2.24) is 5.32 Å². The molecule has 0 saturated heterocycles. The van der Waals surface area contributed by atoms with E-state index in [1.165, 1.54) is 0 Å². The number of hydrogen-bond donors (Lipinski definition) is 1. The Labute approximate surface area is 101 Å². The second-order valence-electron chi connectivity index (χ2n) is 3.88. The van der Waals surface area contributed by atoms with Gasteiger partial charge < -0.3 is 10.1 Å². The van der Waals surface area contributed by atoms with Gasteiger partial charge in [-0.15, -0.1) is 0 Å². The summed E-state index contributed by atoms with van der Waals surface area (Å²) in [7, 11) is 1.56. The molecule has 1 unspecified atom stereocenters. The molecule has 1 aromatic rings. The molecule has 0 aliphatic carbocycles. The lowest BCUT2D eigenvalue weighted by molar-refractivity contribution is 0.0253. The Balaban J connectivity index is 3.11. The first-order chi connectivity index (χ1) is 8.10. The maximum absolute atomic E-state index is 13.3. The molecule has 1 aromatic carbocycles. The average Bonchev–Trinajstić information content (AvgIpc) is 2.36. The van der Waals surface area contributed by atoms with Crippen molar-refractivity contribution in [1.29, 1.82) is 0 Å². The molecule has 17 heavy (non-hydrogen) atoms. The minimum Gasteiger partial charge on any atom is -0.497 e. The van der Waals surface area contributed by atoms with Crippen LogP contribution in [-0.2, 0) is 5.54 Å². The molecule has 0 bridgehead atoms. The first-order valence-corrected chi connectivity index (χ1v) is 5.78. The number of alkyl halides is 2. The Hall–Kier alpha value is -1.16. The molecule has 0 aliphatic heterocycles. The molecular formula is C13H19F2NO. The topological polar surface area (TPSA) is 21.3 Å². The van der Waals surface area contributed by atoms with Crippen molar-refractivity contribution in [2.24, 2.45) is 0 Å². The first kappa shape index (κ1) is 13.9. The zero-order valence-electron chi connectivity index (χ0n) is 10.5. The highest BCUT2D eigenvalue weighted by molar-refractivity contribution is 5.32. The van der Waals surface area contributed by atoms with E-state index in [4.69, 9.17) is 4.74 Å². The van der Waals surface area contributed by atoms with Gasteiger partial charge in [-0.05, 0) is 30.7 Å². The van der Waals surface area contributed by atoms with E-state index in [2.05, 4.69) is 5.32 Å². The van der Waals surface area contributed by atoms with Crippen LogP contribution in [0.5, 0.6) is 5.75 Å². The van der Waals surface area contributed by atoms with E-state index in [0.29, 0.717) is 24.3 Å². The van der Waals surface area contributed by atoms with Crippen molar-refractivity contribution in [3.63, 3.8) is 0 Å². The van der Waals surface area contributed by atoms with Gasteiger partial charge in [0.25, 0.3) is 6.43 Å². The number of rotatable bonds is 6. The van der Waals surface area contributed by atoms with E-state index in [-0.39, 0.29) is 0 Å². The summed E-state index contributed by atoms with van der Waals surface area (Å²) < 4.78 is 31.7. The number of hydrogen-bond acceptors (Lipinski definition) is 2. The molecule has 0 fully saturated rings. The van der Waals surface area contributed by atoms with Gasteiger partial charge in [0.2, 0.25) is 0 Å². The van der Waals surface area contributed by atoms with Gasteiger partial charge in [-0.1, -0.05) is 26.0 Å². The van der Waals surface area contributed by atoms with E-state index in [1.54, 1.807) is 38.3 Å². The molecule has 0 aliphatic rings. The summed E-state index contributed by atoms with van der Waals surface area (Å²) in [6.45, 7) is 4.10. The predicted molar refractivity (Wildman–Crippen MR) is 64.6 cm³/mol. The third-order valence-electron chi connectivity index (χ3n) is 3.03. The molecule has 0 heterocycles. The molecule has 0 spiro atoms. The summed E-state index contributed by atoms with van der Waals surface area (Å²) in [5, 5.41) is 2.91. The molecule has 0 aromatic heterocycles. The fraction of sp³-hybridized carbons (Fsp3) is 0.538. The van der Waals surface area contributed by atoms with Crippen LogP contribution in [0.25, 0.3) is 0 Å². The zero-order valence-corrected chi connectivity index (χ0v) is 10.5. The van der Waals surface area contributed by atoms with Gasteiger partial charge in [-0.25, -0.2) is 8.78 Å². The lowest BCUT2D eigenvalue weighted by Crippen LogP contribution is -2.47. The van der Waals surface area contributed by atoms with Crippen molar-refractivity contribution in [3.05, 3.63) is 29.8 Å². The van der Waals surface area contributed by atoms with Gasteiger partial charge in [0, 0.05) is 0 Å². The second kappa shape index (κ2) is 5.96. The molecule has 2 nitrogen and oxygen atoms in total. The Morgan fingerprint density at radius 1 is 1.24 bits per heavy atom. The highest BCUT2D eigenvalue weighted by Gasteiger charge is 2.39. The largest absolute Gasteiger partial charge is 0.497 e. The van der Waals surface area contributed by atoms with Gasteiger partial charge in [0.1, 0.15) is 11.3 Å². The van der Waals surface area contributed by atoms with Crippen LogP contribution in [0.15, 0.2) is 24.3 Å². The third-order valence-corrected chi connectivity index (χ3v) is 3.03. The minimum absolute atomic E-state index is 0.338. The Bertz CT molecular complexity index is 340. The monoisotopic (exact) mass is 243 g/mol. The molecule has 1 rings (SSSR count). The first-order valence-electron chi connectivity index (χ1n) is 5.78. The van der Waals surface area contributed by atoms with Crippen LogP contribution in [0, 0.1) is 0 Å². The second-order valence-corrected chi connectivity index (χ2v) is 3.88. The normalized spacial score (nSPS) is 14.7. The fourth-order valence-corrected chi connectivity index (χ4v) is 1.99. The van der Waals surface area contributed by atoms with Gasteiger partial charge in [-0.3, -0.25) is 0 Å². The molecule has 96 valence electrons. The Morgan fingerprint density at radius 3 is 2.18 bits per heavy atom. The van der Waals surface area contributed by atoms with E-state index in [9.17, 15) is 8.78 Å². The van der Waals surface area contributed by atoms with Crippen molar-refractivity contribution >= 4 is 0 Å². The zero-order chi connectivity index (χ0) is 12.9. The van der Waals surface area contributed by atoms with Crippen LogP contribution >= 0.6 is 0 Å². The molecule has 1 atom stereocenters. The lowest BCUT2D eigenvalue weighted by Gasteiger charge is -2.33. The predicted octanol–water partition coefficient (Wildman–Crippen LogP) is 3.18. The fourth-order valence-electron chi connectivity index (χ4n) is 1.99.